The molecule has 1 unspecified atom stereocenters. The lowest BCUT2D eigenvalue weighted by molar-refractivity contribution is -0.136. The van der Waals surface area contributed by atoms with Gasteiger partial charge in [-0.3, -0.25) is 0 Å². The Kier molecular flexibility index (Phi) is 6.61. The molecule has 21 heavy (non-hydrogen) atoms. The van der Waals surface area contributed by atoms with Crippen molar-refractivity contribution in [1.82, 2.24) is 5.32 Å². The molecular weight excluding hydrogens is 278 g/mol. The van der Waals surface area contributed by atoms with Gasteiger partial charge in [-0.05, 0) is 25.7 Å². The van der Waals surface area contributed by atoms with E-state index in [4.69, 9.17) is 14.9 Å². The summed E-state index contributed by atoms with van der Waals surface area (Å²) in [5.41, 5.74) is 0.836. The van der Waals surface area contributed by atoms with E-state index in [1.165, 1.54) is 13.5 Å². The Morgan fingerprint density at radius 2 is 1.81 bits per heavy atom. The number of esters is 1. The van der Waals surface area contributed by atoms with Gasteiger partial charge in [0.25, 0.3) is 0 Å². The number of aliphatic carboxylic acids is 2. The average Bonchev–Trinajstić information content (AvgIpc) is 2.78. The van der Waals surface area contributed by atoms with Crippen LogP contribution in [0.15, 0.2) is 23.8 Å². The Balaban J connectivity index is 0.000000240. The first-order chi connectivity index (χ1) is 9.93. The van der Waals surface area contributed by atoms with Crippen molar-refractivity contribution < 1.29 is 29.3 Å². The van der Waals surface area contributed by atoms with Crippen LogP contribution in [0.25, 0.3) is 0 Å². The lowest BCUT2D eigenvalue weighted by atomic mass is 10.00. The van der Waals surface area contributed by atoms with Gasteiger partial charge in [0.2, 0.25) is 0 Å². The van der Waals surface area contributed by atoms with E-state index in [-0.39, 0.29) is 12.0 Å². The van der Waals surface area contributed by atoms with Crippen molar-refractivity contribution in [1.29, 1.82) is 0 Å². The fraction of sp³-hybridized carbons (Fsp3) is 0.500. The molecule has 7 heteroatoms. The van der Waals surface area contributed by atoms with Gasteiger partial charge in [-0.1, -0.05) is 6.08 Å². The number of carboxylic acid groups (broad SMARTS) is 2. The minimum Gasteiger partial charge on any atom is -0.478 e. The molecule has 3 N–H and O–H groups in total. The molecule has 0 aliphatic carbocycles. The minimum atomic E-state index is -1.26. The number of carbonyl (C=O) groups excluding carboxylic acids is 1. The Morgan fingerprint density at radius 3 is 2.33 bits per heavy atom. The van der Waals surface area contributed by atoms with Gasteiger partial charge < -0.3 is 20.3 Å². The SMILES string of the molecule is COC(=O)C1=CCCC2CC[C@H]1N2.O=C(O)/C=C/C(=O)O. The maximum absolute atomic E-state index is 11.4. The summed E-state index contributed by atoms with van der Waals surface area (Å²) in [7, 11) is 1.44. The molecular formula is C14H19NO6. The molecule has 1 fully saturated rings. The molecule has 7 nitrogen and oxygen atoms in total. The van der Waals surface area contributed by atoms with Crippen LogP contribution in [-0.2, 0) is 19.1 Å². The van der Waals surface area contributed by atoms with Crippen molar-refractivity contribution in [2.24, 2.45) is 0 Å². The Bertz CT molecular complexity index is 452. The smallest absolute Gasteiger partial charge is 0.335 e. The zero-order valence-electron chi connectivity index (χ0n) is 11.7. The zero-order valence-corrected chi connectivity index (χ0v) is 11.7. The minimum absolute atomic E-state index is 0.167. The molecule has 116 valence electrons. The van der Waals surface area contributed by atoms with Crippen molar-refractivity contribution in [3.63, 3.8) is 0 Å². The standard InChI is InChI=1S/C10H15NO2.C4H4O4/c1-13-10(12)8-4-2-3-7-5-6-9(8)11-7;5-3(6)1-2-4(7)8/h4,7,9,11H,2-3,5-6H2,1H3;1-2H,(H,5,6)(H,7,8)/b;2-1+/t7?,9-;/m1./s1. The van der Waals surface area contributed by atoms with Gasteiger partial charge in [-0.2, -0.15) is 0 Å². The highest BCUT2D eigenvalue weighted by molar-refractivity contribution is 5.90. The summed E-state index contributed by atoms with van der Waals surface area (Å²) >= 11 is 0. The largest absolute Gasteiger partial charge is 0.478 e. The van der Waals surface area contributed by atoms with Crippen LogP contribution in [0.1, 0.15) is 25.7 Å². The molecule has 2 bridgehead atoms. The lowest BCUT2D eigenvalue weighted by Gasteiger charge is -2.12. The molecule has 0 saturated carbocycles. The Labute approximate surface area is 122 Å². The van der Waals surface area contributed by atoms with Gasteiger partial charge in [-0.25, -0.2) is 14.4 Å². The molecule has 0 aromatic heterocycles. The lowest BCUT2D eigenvalue weighted by Crippen LogP contribution is -2.31. The van der Waals surface area contributed by atoms with Crippen LogP contribution in [0.3, 0.4) is 0 Å². The van der Waals surface area contributed by atoms with Crippen LogP contribution in [0.4, 0.5) is 0 Å². The van der Waals surface area contributed by atoms with Crippen LogP contribution in [0.2, 0.25) is 0 Å². The third kappa shape index (κ3) is 5.78. The first kappa shape index (κ1) is 16.9. The summed E-state index contributed by atoms with van der Waals surface area (Å²) in [5.74, 6) is -2.68. The second-order valence-electron chi connectivity index (χ2n) is 4.73. The van der Waals surface area contributed by atoms with Crippen molar-refractivity contribution >= 4 is 17.9 Å². The molecule has 2 atom stereocenters. The fourth-order valence-electron chi connectivity index (χ4n) is 2.36. The number of hydrogen-bond donors (Lipinski definition) is 3. The summed E-state index contributed by atoms with van der Waals surface area (Å²) in [5, 5.41) is 19.1. The summed E-state index contributed by atoms with van der Waals surface area (Å²) in [6, 6.07) is 0.864. The fourth-order valence-corrected chi connectivity index (χ4v) is 2.36. The summed E-state index contributed by atoms with van der Waals surface area (Å²) in [4.78, 5) is 30.5. The van der Waals surface area contributed by atoms with E-state index in [2.05, 4.69) is 5.32 Å². The van der Waals surface area contributed by atoms with Gasteiger partial charge in [0.1, 0.15) is 0 Å². The molecule has 0 aromatic carbocycles. The van der Waals surface area contributed by atoms with Crippen molar-refractivity contribution in [3.05, 3.63) is 23.8 Å². The second-order valence-corrected chi connectivity index (χ2v) is 4.73. The maximum atomic E-state index is 11.4. The highest BCUT2D eigenvalue weighted by Gasteiger charge is 2.31. The monoisotopic (exact) mass is 297 g/mol. The van der Waals surface area contributed by atoms with E-state index in [1.807, 2.05) is 6.08 Å². The predicted octanol–water partition coefficient (Wildman–Crippen LogP) is 0.712. The highest BCUT2D eigenvalue weighted by Crippen LogP contribution is 2.26. The first-order valence-electron chi connectivity index (χ1n) is 6.62. The van der Waals surface area contributed by atoms with Crippen molar-refractivity contribution in [2.75, 3.05) is 7.11 Å². The second kappa shape index (κ2) is 8.21. The van der Waals surface area contributed by atoms with E-state index in [9.17, 15) is 14.4 Å². The quantitative estimate of drug-likeness (QED) is 0.519. The zero-order chi connectivity index (χ0) is 15.8. The van der Waals surface area contributed by atoms with E-state index in [0.29, 0.717) is 18.2 Å². The summed E-state index contributed by atoms with van der Waals surface area (Å²) in [6.07, 6.45) is 7.56. The number of hydrogen-bond acceptors (Lipinski definition) is 5. The van der Waals surface area contributed by atoms with E-state index in [1.54, 1.807) is 0 Å². The van der Waals surface area contributed by atoms with Gasteiger partial charge in [-0.15, -0.1) is 0 Å². The van der Waals surface area contributed by atoms with Crippen LogP contribution in [-0.4, -0.2) is 47.3 Å². The van der Waals surface area contributed by atoms with Crippen LogP contribution in [0, 0.1) is 0 Å². The molecule has 0 aromatic rings. The number of methoxy groups -OCH3 is 1. The molecule has 2 rings (SSSR count). The number of ether oxygens (including phenoxy) is 1. The first-order valence-corrected chi connectivity index (χ1v) is 6.62. The molecule has 1 saturated heterocycles. The van der Waals surface area contributed by atoms with Crippen molar-refractivity contribution in [3.8, 4) is 0 Å². The normalized spacial score (nSPS) is 23.6. The van der Waals surface area contributed by atoms with E-state index in [0.717, 1.165) is 24.8 Å². The molecule has 0 amide bonds. The third-order valence-corrected chi connectivity index (χ3v) is 3.29. The molecule has 0 radical (unpaired) electrons. The summed E-state index contributed by atoms with van der Waals surface area (Å²) < 4.78 is 4.75. The maximum Gasteiger partial charge on any atom is 0.335 e. The molecule has 0 spiro atoms. The van der Waals surface area contributed by atoms with Gasteiger partial charge in [0.05, 0.1) is 12.7 Å². The third-order valence-electron chi connectivity index (χ3n) is 3.29. The number of allylic oxidation sites excluding steroid dienone is 1. The van der Waals surface area contributed by atoms with Crippen molar-refractivity contribution in [2.45, 2.75) is 37.8 Å². The van der Waals surface area contributed by atoms with Gasteiger partial charge in [0, 0.05) is 24.2 Å². The van der Waals surface area contributed by atoms with Gasteiger partial charge >= 0.3 is 17.9 Å². The number of nitrogens with one attached hydrogen (secondary N) is 1. The van der Waals surface area contributed by atoms with Crippen LogP contribution >= 0.6 is 0 Å². The predicted molar refractivity (Wildman–Crippen MR) is 73.7 cm³/mol. The van der Waals surface area contributed by atoms with E-state index >= 15 is 0 Å². The number of carboxylic acids is 2. The Morgan fingerprint density at radius 1 is 1.19 bits per heavy atom. The topological polar surface area (TPSA) is 113 Å². The van der Waals surface area contributed by atoms with Crippen LogP contribution in [0.5, 0.6) is 0 Å². The molecule has 2 aliphatic heterocycles. The average molecular weight is 297 g/mol. The molecule has 2 aliphatic rings. The number of fused-ring (bicyclic) bond motifs is 2. The highest BCUT2D eigenvalue weighted by atomic mass is 16.5. The Hall–Kier alpha value is -2.15. The number of rotatable bonds is 3. The summed E-state index contributed by atoms with van der Waals surface area (Å²) in [6.45, 7) is 0. The number of carbonyl (C=O) groups is 3. The van der Waals surface area contributed by atoms with Gasteiger partial charge in [0.15, 0.2) is 0 Å². The van der Waals surface area contributed by atoms with E-state index < -0.39 is 11.9 Å². The molecule has 2 heterocycles. The van der Waals surface area contributed by atoms with Crippen LogP contribution < -0.4 is 5.32 Å².